The number of methoxy groups -OCH3 is 4. The second-order valence-corrected chi connectivity index (χ2v) is 13.9. The summed E-state index contributed by atoms with van der Waals surface area (Å²) in [5.41, 5.74) is -4.90. The molecule has 5 aliphatic carbocycles. The van der Waals surface area contributed by atoms with Crippen LogP contribution >= 0.6 is 0 Å². The molecule has 1 spiro atoms. The van der Waals surface area contributed by atoms with Gasteiger partial charge < -0.3 is 43.7 Å². The number of piperidine rings is 1. The zero-order chi connectivity index (χ0) is 31.3. The van der Waals surface area contributed by atoms with E-state index >= 15 is 0 Å². The predicted octanol–water partition coefficient (Wildman–Crippen LogP) is 0.134. The van der Waals surface area contributed by atoms with Crippen molar-refractivity contribution in [3.63, 3.8) is 0 Å². The molecule has 5 saturated carbocycles. The quantitative estimate of drug-likeness (QED) is 0.288. The minimum Gasteiger partial charge on any atom is -0.459 e. The summed E-state index contributed by atoms with van der Waals surface area (Å²) in [4.78, 5) is 28.6. The van der Waals surface area contributed by atoms with Gasteiger partial charge in [-0.1, -0.05) is 13.8 Å². The van der Waals surface area contributed by atoms with E-state index in [1.54, 1.807) is 21.3 Å². The smallest absolute Gasteiger partial charge is 0.306 e. The van der Waals surface area contributed by atoms with Gasteiger partial charge >= 0.3 is 11.9 Å². The molecule has 12 heteroatoms. The topological polar surface area (TPSA) is 153 Å². The van der Waals surface area contributed by atoms with Crippen LogP contribution in [-0.2, 0) is 38.0 Å². The maximum Gasteiger partial charge on any atom is 0.306 e. The van der Waals surface area contributed by atoms with Crippen molar-refractivity contribution in [2.24, 2.45) is 34.5 Å². The normalized spacial score (nSPS) is 52.7. The molecule has 3 N–H and O–H groups in total. The molecule has 6 fully saturated rings. The number of esters is 2. The third kappa shape index (κ3) is 3.55. The average Bonchev–Trinajstić information content (AvgIpc) is 3.33. The SMILES string of the molecule is CCCC(=O)O[C@@H]1C2[C@@H]3C[C@]1(O)[C@@H](OC)[C@H](O)[C@]2(OC(C)=O)C1C(OC)C2C4(COC)CN(CC)C1C23[C@@H](OC)C[C@H]4O. The third-order valence-corrected chi connectivity index (χ3v) is 12.6. The Morgan fingerprint density at radius 2 is 1.72 bits per heavy atom. The first-order valence-electron chi connectivity index (χ1n) is 15.7. The van der Waals surface area contributed by atoms with Crippen LogP contribution in [0.1, 0.15) is 46.5 Å². The van der Waals surface area contributed by atoms with Gasteiger partial charge in [0, 0.05) is 89.4 Å². The van der Waals surface area contributed by atoms with Crippen LogP contribution in [0.3, 0.4) is 0 Å². The van der Waals surface area contributed by atoms with Gasteiger partial charge in [0.1, 0.15) is 23.9 Å². The molecule has 1 heterocycles. The Morgan fingerprint density at radius 3 is 2.28 bits per heavy atom. The molecule has 12 nitrogen and oxygen atoms in total. The number of aliphatic hydroxyl groups is 3. The van der Waals surface area contributed by atoms with Crippen LogP contribution in [0.25, 0.3) is 0 Å². The van der Waals surface area contributed by atoms with E-state index in [0.29, 0.717) is 25.9 Å². The van der Waals surface area contributed by atoms with Gasteiger partial charge in [-0.3, -0.25) is 14.5 Å². The van der Waals surface area contributed by atoms with Crippen molar-refractivity contribution >= 4 is 11.9 Å². The lowest BCUT2D eigenvalue weighted by atomic mass is 9.42. The number of rotatable bonds is 10. The Hall–Kier alpha value is -1.38. The lowest BCUT2D eigenvalue weighted by Crippen LogP contribution is -2.81. The Labute approximate surface area is 253 Å². The second kappa shape index (κ2) is 10.6. The van der Waals surface area contributed by atoms with Crippen molar-refractivity contribution in [2.75, 3.05) is 48.1 Å². The van der Waals surface area contributed by atoms with Gasteiger partial charge in [0.25, 0.3) is 0 Å². The van der Waals surface area contributed by atoms with Crippen LogP contribution in [0.5, 0.6) is 0 Å². The summed E-state index contributed by atoms with van der Waals surface area (Å²) in [6.45, 7) is 6.61. The van der Waals surface area contributed by atoms with E-state index in [1.165, 1.54) is 14.0 Å². The van der Waals surface area contributed by atoms with Gasteiger partial charge in [0.2, 0.25) is 0 Å². The van der Waals surface area contributed by atoms with Crippen LogP contribution in [0.15, 0.2) is 0 Å². The molecule has 1 saturated heterocycles. The third-order valence-electron chi connectivity index (χ3n) is 12.6. The molecule has 43 heavy (non-hydrogen) atoms. The second-order valence-electron chi connectivity index (χ2n) is 13.9. The molecule has 6 aliphatic rings. The highest BCUT2D eigenvalue weighted by atomic mass is 16.6. The summed E-state index contributed by atoms with van der Waals surface area (Å²) in [5.74, 6) is -3.28. The summed E-state index contributed by atoms with van der Waals surface area (Å²) < 4.78 is 37.1. The minimum atomic E-state index is -1.76. The number of likely N-dealkylation sites (tertiary alicyclic amines) is 1. The van der Waals surface area contributed by atoms with Crippen molar-refractivity contribution in [1.82, 2.24) is 4.90 Å². The Bertz CT molecular complexity index is 1120. The molecule has 1 aliphatic heterocycles. The maximum absolute atomic E-state index is 13.1. The fourth-order valence-electron chi connectivity index (χ4n) is 12.0. The van der Waals surface area contributed by atoms with Crippen molar-refractivity contribution in [3.8, 4) is 0 Å². The zero-order valence-corrected chi connectivity index (χ0v) is 26.4. The molecular weight excluding hydrogens is 562 g/mol. The van der Waals surface area contributed by atoms with E-state index in [0.717, 1.165) is 0 Å². The van der Waals surface area contributed by atoms with Crippen molar-refractivity contribution in [1.29, 1.82) is 0 Å². The van der Waals surface area contributed by atoms with Gasteiger partial charge in [-0.05, 0) is 25.3 Å². The molecule has 0 radical (unpaired) electrons. The highest BCUT2D eigenvalue weighted by Gasteiger charge is 2.92. The zero-order valence-electron chi connectivity index (χ0n) is 26.4. The summed E-state index contributed by atoms with van der Waals surface area (Å²) in [5, 5.41) is 36.9. The van der Waals surface area contributed by atoms with Crippen LogP contribution in [0.4, 0.5) is 0 Å². The van der Waals surface area contributed by atoms with Gasteiger partial charge in [-0.15, -0.1) is 0 Å². The molecule has 7 bridgehead atoms. The predicted molar refractivity (Wildman–Crippen MR) is 150 cm³/mol. The molecule has 0 aromatic carbocycles. The first-order chi connectivity index (χ1) is 20.5. The van der Waals surface area contributed by atoms with Gasteiger partial charge in [0.15, 0.2) is 5.60 Å². The molecule has 0 amide bonds. The summed E-state index contributed by atoms with van der Waals surface area (Å²) in [6, 6.07) is -0.310. The lowest BCUT2D eigenvalue weighted by Gasteiger charge is -2.70. The Kier molecular flexibility index (Phi) is 7.78. The average molecular weight is 612 g/mol. The summed E-state index contributed by atoms with van der Waals surface area (Å²) in [7, 11) is 6.29. The van der Waals surface area contributed by atoms with Gasteiger partial charge in [0.05, 0.1) is 24.9 Å². The highest BCUT2D eigenvalue weighted by Crippen LogP contribution is 2.80. The molecule has 15 atom stereocenters. The molecule has 7 unspecified atom stereocenters. The number of fused-ring (bicyclic) bond motifs is 2. The lowest BCUT2D eigenvalue weighted by molar-refractivity contribution is -0.324. The van der Waals surface area contributed by atoms with E-state index in [-0.39, 0.29) is 31.4 Å². The van der Waals surface area contributed by atoms with E-state index in [4.69, 9.17) is 28.4 Å². The van der Waals surface area contributed by atoms with E-state index in [1.807, 2.05) is 6.92 Å². The number of hydrogen-bond acceptors (Lipinski definition) is 12. The highest BCUT2D eigenvalue weighted by molar-refractivity contribution is 5.70. The largest absolute Gasteiger partial charge is 0.459 e. The van der Waals surface area contributed by atoms with Crippen molar-refractivity contribution in [3.05, 3.63) is 0 Å². The molecular formula is C31H49NO11. The van der Waals surface area contributed by atoms with Gasteiger partial charge in [-0.25, -0.2) is 0 Å². The molecule has 0 aromatic heterocycles. The minimum absolute atomic E-state index is 0.118. The van der Waals surface area contributed by atoms with Crippen molar-refractivity contribution < 1.29 is 53.3 Å². The Balaban J connectivity index is 1.70. The van der Waals surface area contributed by atoms with E-state index in [9.17, 15) is 24.9 Å². The van der Waals surface area contributed by atoms with Crippen LogP contribution < -0.4 is 0 Å². The maximum atomic E-state index is 13.1. The fraction of sp³-hybridized carbons (Fsp3) is 0.935. The van der Waals surface area contributed by atoms with E-state index in [2.05, 4.69) is 11.8 Å². The first kappa shape index (κ1) is 31.6. The Morgan fingerprint density at radius 1 is 1.00 bits per heavy atom. The first-order valence-corrected chi connectivity index (χ1v) is 15.7. The molecule has 6 rings (SSSR count). The van der Waals surface area contributed by atoms with Crippen LogP contribution in [-0.4, -0.2) is 134 Å². The number of ether oxygens (including phenoxy) is 6. The number of carbonyl (C=O) groups excluding carboxylic acids is 2. The molecule has 244 valence electrons. The number of aliphatic hydroxyl groups excluding tert-OH is 2. The number of hydrogen-bond donors (Lipinski definition) is 3. The van der Waals surface area contributed by atoms with Crippen LogP contribution in [0, 0.1) is 34.5 Å². The van der Waals surface area contributed by atoms with Crippen molar-refractivity contribution in [2.45, 2.75) is 100 Å². The van der Waals surface area contributed by atoms with Crippen LogP contribution in [0.2, 0.25) is 0 Å². The fourth-order valence-corrected chi connectivity index (χ4v) is 12.0. The monoisotopic (exact) mass is 611 g/mol. The molecule has 0 aromatic rings. The van der Waals surface area contributed by atoms with Gasteiger partial charge in [-0.2, -0.15) is 0 Å². The summed E-state index contributed by atoms with van der Waals surface area (Å²) in [6.07, 6.45) is -4.47. The number of nitrogens with zero attached hydrogens (tertiary/aromatic N) is 1. The summed E-state index contributed by atoms with van der Waals surface area (Å²) >= 11 is 0. The number of carbonyl (C=O) groups is 2. The standard InChI is InChI=1S/C31H49NO11/c1-8-10-19(35)42-26-20-16-12-29(26,37)27(41-7)25(36)31(20,43-15(3)33)21-22(40-6)23-28(14-38-4)13-32(9-2)24(21)30(16,23)18(39-5)11-17(28)34/h16-18,20-27,34,36-37H,8-14H2,1-7H3/t16-,17+,18-,20?,21?,22?,23?,24?,25-,26+,27-,28?,29+,30?,31+/m0/s1. The van der Waals surface area contributed by atoms with E-state index < -0.39 is 88.3 Å².